The number of aromatic nitrogens is 5. The van der Waals surface area contributed by atoms with Crippen LogP contribution in [0, 0.1) is 0 Å². The van der Waals surface area contributed by atoms with Gasteiger partial charge in [-0.05, 0) is 51.4 Å². The molecule has 0 radical (unpaired) electrons. The number of hydrogen-bond donors (Lipinski definition) is 1. The second kappa shape index (κ2) is 7.98. The van der Waals surface area contributed by atoms with Crippen LogP contribution in [0.25, 0.3) is 22.6 Å². The van der Waals surface area contributed by atoms with E-state index >= 15 is 0 Å². The van der Waals surface area contributed by atoms with Gasteiger partial charge in [0, 0.05) is 35.2 Å². The summed E-state index contributed by atoms with van der Waals surface area (Å²) in [6, 6.07) is 9.58. The smallest absolute Gasteiger partial charge is 0.319 e. The summed E-state index contributed by atoms with van der Waals surface area (Å²) in [5.41, 5.74) is 1.98. The van der Waals surface area contributed by atoms with Crippen molar-refractivity contribution in [3.8, 4) is 40.3 Å². The van der Waals surface area contributed by atoms with Crippen LogP contribution in [0.2, 0.25) is 0 Å². The molecule has 32 heavy (non-hydrogen) atoms. The molecule has 2 bridgehead atoms. The fourth-order valence-corrected chi connectivity index (χ4v) is 4.88. The first-order valence-electron chi connectivity index (χ1n) is 10.8. The number of piperidine rings is 1. The lowest BCUT2D eigenvalue weighted by Gasteiger charge is -2.43. The van der Waals surface area contributed by atoms with Crippen molar-refractivity contribution in [2.75, 3.05) is 14.2 Å². The maximum absolute atomic E-state index is 10.6. The van der Waals surface area contributed by atoms with Crippen LogP contribution in [-0.4, -0.2) is 67.0 Å². The van der Waals surface area contributed by atoms with Crippen LogP contribution in [0.15, 0.2) is 36.7 Å². The van der Waals surface area contributed by atoms with Crippen molar-refractivity contribution in [1.29, 1.82) is 0 Å². The lowest BCUT2D eigenvalue weighted by molar-refractivity contribution is 0.0157. The van der Waals surface area contributed by atoms with Gasteiger partial charge in [-0.2, -0.15) is 9.97 Å². The molecule has 3 aromatic rings. The quantitative estimate of drug-likeness (QED) is 0.648. The van der Waals surface area contributed by atoms with Crippen molar-refractivity contribution < 1.29 is 14.6 Å². The van der Waals surface area contributed by atoms with Crippen LogP contribution >= 0.6 is 0 Å². The number of methoxy groups -OCH3 is 1. The topological polar surface area (TPSA) is 106 Å². The molecule has 2 aliphatic heterocycles. The number of ether oxygens (including phenoxy) is 2. The van der Waals surface area contributed by atoms with Gasteiger partial charge in [0.2, 0.25) is 5.88 Å². The summed E-state index contributed by atoms with van der Waals surface area (Å²) in [5.74, 6) is 0.985. The maximum Gasteiger partial charge on any atom is 0.319 e. The first-order valence-corrected chi connectivity index (χ1v) is 10.8. The van der Waals surface area contributed by atoms with E-state index in [0.717, 1.165) is 12.8 Å². The molecule has 0 aliphatic carbocycles. The summed E-state index contributed by atoms with van der Waals surface area (Å²) in [6.45, 7) is 2.32. The fraction of sp³-hybridized carbons (Fsp3) is 0.435. The van der Waals surface area contributed by atoms with E-state index in [1.807, 2.05) is 18.2 Å². The van der Waals surface area contributed by atoms with E-state index in [9.17, 15) is 5.11 Å². The van der Waals surface area contributed by atoms with E-state index in [4.69, 9.17) is 9.47 Å². The minimum absolute atomic E-state index is 0.0599. The first kappa shape index (κ1) is 20.6. The van der Waals surface area contributed by atoms with Gasteiger partial charge in [0.15, 0.2) is 5.82 Å². The van der Waals surface area contributed by atoms with E-state index in [0.29, 0.717) is 34.6 Å². The van der Waals surface area contributed by atoms with Crippen molar-refractivity contribution in [1.82, 2.24) is 30.0 Å². The van der Waals surface area contributed by atoms with E-state index < -0.39 is 0 Å². The molecule has 0 amide bonds. The molecule has 2 aliphatic rings. The molecule has 166 valence electrons. The highest BCUT2D eigenvalue weighted by molar-refractivity contribution is 5.71. The molecule has 0 unspecified atom stereocenters. The second-order valence-electron chi connectivity index (χ2n) is 8.76. The Morgan fingerprint density at radius 1 is 1.16 bits per heavy atom. The molecule has 2 saturated heterocycles. The molecular weight excluding hydrogens is 408 g/mol. The molecule has 1 N–H and O–H groups in total. The lowest BCUT2D eigenvalue weighted by Crippen LogP contribution is -2.51. The second-order valence-corrected chi connectivity index (χ2v) is 8.76. The normalized spacial score (nSPS) is 25.0. The monoisotopic (exact) mass is 434 g/mol. The molecule has 2 aromatic heterocycles. The van der Waals surface area contributed by atoms with Crippen molar-refractivity contribution in [2.45, 2.75) is 50.3 Å². The Kier molecular flexibility index (Phi) is 5.13. The highest BCUT2D eigenvalue weighted by Gasteiger charge is 2.47. The average Bonchev–Trinajstić information content (AvgIpc) is 2.96. The number of nitrogens with zero attached hydrogens (tertiary/aromatic N) is 6. The Morgan fingerprint density at radius 2 is 2.03 bits per heavy atom. The third-order valence-corrected chi connectivity index (χ3v) is 6.81. The first-order chi connectivity index (χ1) is 15.4. The summed E-state index contributed by atoms with van der Waals surface area (Å²) in [4.78, 5) is 14.7. The van der Waals surface area contributed by atoms with E-state index in [2.05, 4.69) is 44.0 Å². The van der Waals surface area contributed by atoms with Crippen LogP contribution < -0.4 is 9.47 Å². The molecule has 1 aromatic carbocycles. The number of aromatic hydroxyl groups is 1. The molecule has 0 spiro atoms. The minimum Gasteiger partial charge on any atom is -0.507 e. The average molecular weight is 435 g/mol. The number of fused-ring (bicyclic) bond motifs is 2. The zero-order valence-electron chi connectivity index (χ0n) is 18.4. The summed E-state index contributed by atoms with van der Waals surface area (Å²) in [6.07, 6.45) is 5.96. The number of phenolic OH excluding ortho intramolecular Hbond substituents is 1. The van der Waals surface area contributed by atoms with Gasteiger partial charge in [0.25, 0.3) is 0 Å². The van der Waals surface area contributed by atoms with Gasteiger partial charge in [-0.3, -0.25) is 4.90 Å². The third-order valence-electron chi connectivity index (χ3n) is 6.81. The number of phenols is 1. The Hall–Kier alpha value is -3.33. The molecule has 3 atom stereocenters. The zero-order chi connectivity index (χ0) is 22.3. The van der Waals surface area contributed by atoms with Crippen molar-refractivity contribution >= 4 is 0 Å². The van der Waals surface area contributed by atoms with E-state index in [1.165, 1.54) is 26.3 Å². The van der Waals surface area contributed by atoms with Crippen LogP contribution in [0.3, 0.4) is 0 Å². The molecule has 5 rings (SSSR count). The maximum atomic E-state index is 10.6. The highest BCUT2D eigenvalue weighted by atomic mass is 16.5. The van der Waals surface area contributed by atoms with Crippen LogP contribution in [0.4, 0.5) is 0 Å². The van der Waals surface area contributed by atoms with Gasteiger partial charge in [-0.1, -0.05) is 6.07 Å². The minimum atomic E-state index is 0.0599. The van der Waals surface area contributed by atoms with Gasteiger partial charge in [0.05, 0.1) is 12.8 Å². The summed E-state index contributed by atoms with van der Waals surface area (Å²) in [7, 11) is 3.71. The van der Waals surface area contributed by atoms with Crippen molar-refractivity contribution in [3.63, 3.8) is 0 Å². The van der Waals surface area contributed by atoms with Crippen LogP contribution in [-0.2, 0) is 0 Å². The Morgan fingerprint density at radius 3 is 2.75 bits per heavy atom. The lowest BCUT2D eigenvalue weighted by atomic mass is 9.89. The molecule has 2 fully saturated rings. The number of hydrogen-bond acceptors (Lipinski definition) is 9. The van der Waals surface area contributed by atoms with Gasteiger partial charge in [0.1, 0.15) is 18.2 Å². The highest BCUT2D eigenvalue weighted by Crippen LogP contribution is 2.43. The number of rotatable bonds is 5. The summed E-state index contributed by atoms with van der Waals surface area (Å²) >= 11 is 0. The van der Waals surface area contributed by atoms with E-state index in [1.54, 1.807) is 12.1 Å². The Bertz CT molecular complexity index is 1120. The van der Waals surface area contributed by atoms with Crippen LogP contribution in [0.1, 0.15) is 32.6 Å². The van der Waals surface area contributed by atoms with Crippen LogP contribution in [0.5, 0.6) is 17.6 Å². The van der Waals surface area contributed by atoms with Gasteiger partial charge < -0.3 is 14.6 Å². The largest absolute Gasteiger partial charge is 0.507 e. The molecular formula is C23H26N6O3. The Labute approximate surface area is 186 Å². The number of benzene rings is 1. The summed E-state index contributed by atoms with van der Waals surface area (Å²) in [5, 5.41) is 19.1. The summed E-state index contributed by atoms with van der Waals surface area (Å²) < 4.78 is 11.2. The molecule has 0 saturated carbocycles. The van der Waals surface area contributed by atoms with Gasteiger partial charge in [-0.25, -0.2) is 4.98 Å². The fourth-order valence-electron chi connectivity index (χ4n) is 4.88. The SMILES string of the molecule is COc1ncnc(-c2ccc(-c3ccc(O[C@H]4C[C@@H]5CC[C@](C)(C4)N5C)nn3)c(O)c2)n1. The van der Waals surface area contributed by atoms with Crippen molar-refractivity contribution in [2.24, 2.45) is 0 Å². The third kappa shape index (κ3) is 3.73. The van der Waals surface area contributed by atoms with Gasteiger partial charge >= 0.3 is 6.01 Å². The Balaban J connectivity index is 1.31. The predicted octanol–water partition coefficient (Wildman–Crippen LogP) is 3.10. The molecule has 9 heteroatoms. The van der Waals surface area contributed by atoms with E-state index in [-0.39, 0.29) is 23.4 Å². The molecule has 9 nitrogen and oxygen atoms in total. The standard InChI is InChI=1S/C23H26N6O3/c1-23-9-8-15(29(23)2)11-16(12-23)32-20-7-6-18(27-28-20)17-5-4-14(10-19(17)30)21-24-13-25-22(26-21)31-3/h4-7,10,13,15-16,30H,8-9,11-12H2,1-3H3/t15-,16-,23+/m0/s1. The molecule has 4 heterocycles. The predicted molar refractivity (Wildman–Crippen MR) is 117 cm³/mol. The van der Waals surface area contributed by atoms with Crippen molar-refractivity contribution in [3.05, 3.63) is 36.7 Å². The zero-order valence-corrected chi connectivity index (χ0v) is 18.4. The van der Waals surface area contributed by atoms with Gasteiger partial charge in [-0.15, -0.1) is 10.2 Å².